The summed E-state index contributed by atoms with van der Waals surface area (Å²) < 4.78 is 0. The van der Waals surface area contributed by atoms with Gasteiger partial charge in [-0.25, -0.2) is 0 Å². The Hall–Kier alpha value is -2.10. The molecule has 5 nitrogen and oxygen atoms in total. The van der Waals surface area contributed by atoms with Crippen molar-refractivity contribution in [2.24, 2.45) is 4.99 Å². The van der Waals surface area contributed by atoms with Crippen molar-refractivity contribution < 1.29 is 0 Å². The zero-order valence-electron chi connectivity index (χ0n) is 10.5. The lowest BCUT2D eigenvalue weighted by molar-refractivity contribution is 1.04. The van der Waals surface area contributed by atoms with Crippen LogP contribution in [0.15, 0.2) is 41.5 Å². The zero-order chi connectivity index (χ0) is 14.4. The number of aromatic nitrogens is 2. The summed E-state index contributed by atoms with van der Waals surface area (Å²) in [5.41, 5.74) is 2.26. The number of benzene rings is 1. The number of hydrogen-bond acceptors (Lipinski definition) is 5. The number of anilines is 1. The van der Waals surface area contributed by atoms with Gasteiger partial charge in [-0.1, -0.05) is 23.4 Å². The third-order valence-corrected chi connectivity index (χ3v) is 3.31. The lowest BCUT2D eigenvalue weighted by Crippen LogP contribution is -2.06. The quantitative estimate of drug-likeness (QED) is 0.523. The second-order valence-electron chi connectivity index (χ2n) is 3.65. The lowest BCUT2D eigenvalue weighted by atomic mass is 10.1. The van der Waals surface area contributed by atoms with E-state index in [1.807, 2.05) is 24.5 Å². The van der Waals surface area contributed by atoms with Crippen molar-refractivity contribution in [1.82, 2.24) is 10.2 Å². The van der Waals surface area contributed by atoms with Gasteiger partial charge in [0.25, 0.3) is 0 Å². The topological polar surface area (TPSA) is 74.0 Å². The van der Waals surface area contributed by atoms with E-state index >= 15 is 0 Å². The summed E-state index contributed by atoms with van der Waals surface area (Å²) in [5.74, 6) is 0. The Bertz CT molecular complexity index is 666. The Balaban J connectivity index is 2.27. The number of nitrogens with zero attached hydrogens (tertiary/aromatic N) is 4. The standard InChI is InChI=1S/C13H10ClN5S/c1-20-13(16-8-15)18-9-4-5-10(11(14)7-9)12-3-2-6-17-19-12/h2-7H,1H3,(H,16,18). The number of thioether (sulfide) groups is 1. The number of nitriles is 1. The van der Waals surface area contributed by atoms with Crippen molar-refractivity contribution in [3.63, 3.8) is 0 Å². The highest BCUT2D eigenvalue weighted by atomic mass is 35.5. The molecule has 0 aliphatic rings. The molecule has 0 unspecified atom stereocenters. The number of aliphatic imine (C=N–C) groups is 1. The van der Waals surface area contributed by atoms with Gasteiger partial charge >= 0.3 is 0 Å². The van der Waals surface area contributed by atoms with Crippen molar-refractivity contribution in [2.45, 2.75) is 0 Å². The summed E-state index contributed by atoms with van der Waals surface area (Å²) in [4.78, 5) is 3.66. The molecule has 20 heavy (non-hydrogen) atoms. The maximum atomic E-state index is 8.56. The molecule has 100 valence electrons. The molecule has 0 fully saturated rings. The molecule has 1 aromatic carbocycles. The molecule has 7 heteroatoms. The van der Waals surface area contributed by atoms with Crippen LogP contribution in [-0.4, -0.2) is 21.6 Å². The molecule has 0 radical (unpaired) electrons. The molecule has 0 amide bonds. The Morgan fingerprint density at radius 3 is 2.90 bits per heavy atom. The van der Waals surface area contributed by atoms with Gasteiger partial charge in [-0.2, -0.15) is 15.5 Å². The minimum atomic E-state index is 0.510. The first-order valence-electron chi connectivity index (χ1n) is 5.60. The van der Waals surface area contributed by atoms with Gasteiger partial charge in [-0.15, -0.1) is 4.99 Å². The summed E-state index contributed by atoms with van der Waals surface area (Å²) in [6.45, 7) is 0. The fourth-order valence-corrected chi connectivity index (χ4v) is 2.17. The summed E-state index contributed by atoms with van der Waals surface area (Å²) in [6, 6.07) is 9.09. The molecule has 2 rings (SSSR count). The van der Waals surface area contributed by atoms with E-state index in [1.165, 1.54) is 11.8 Å². The highest BCUT2D eigenvalue weighted by molar-refractivity contribution is 8.13. The van der Waals surface area contributed by atoms with Crippen LogP contribution in [-0.2, 0) is 0 Å². The molecule has 0 saturated heterocycles. The van der Waals surface area contributed by atoms with E-state index in [0.717, 1.165) is 11.3 Å². The van der Waals surface area contributed by atoms with Crippen molar-refractivity contribution >= 4 is 34.2 Å². The fourth-order valence-electron chi connectivity index (χ4n) is 1.54. The minimum absolute atomic E-state index is 0.510. The van der Waals surface area contributed by atoms with E-state index in [9.17, 15) is 0 Å². The monoisotopic (exact) mass is 303 g/mol. The third-order valence-electron chi connectivity index (χ3n) is 2.41. The van der Waals surface area contributed by atoms with E-state index in [2.05, 4.69) is 20.5 Å². The second kappa shape index (κ2) is 6.89. The number of halogens is 1. The van der Waals surface area contributed by atoms with Gasteiger partial charge in [-0.3, -0.25) is 0 Å². The van der Waals surface area contributed by atoms with Gasteiger partial charge in [0, 0.05) is 17.4 Å². The van der Waals surface area contributed by atoms with Crippen molar-refractivity contribution in [1.29, 1.82) is 5.26 Å². The molecule has 2 aromatic rings. The first kappa shape index (κ1) is 14.3. The first-order chi connectivity index (χ1) is 9.74. The van der Waals surface area contributed by atoms with Gasteiger partial charge in [0.05, 0.1) is 10.7 Å². The second-order valence-corrected chi connectivity index (χ2v) is 4.85. The van der Waals surface area contributed by atoms with Gasteiger partial charge < -0.3 is 5.32 Å². The Labute approximate surface area is 125 Å². The van der Waals surface area contributed by atoms with E-state index < -0.39 is 0 Å². The van der Waals surface area contributed by atoms with Crippen molar-refractivity contribution in [3.8, 4) is 17.5 Å². The Morgan fingerprint density at radius 1 is 1.45 bits per heavy atom. The van der Waals surface area contributed by atoms with Crippen LogP contribution in [0.1, 0.15) is 0 Å². The van der Waals surface area contributed by atoms with E-state index in [4.69, 9.17) is 16.9 Å². The van der Waals surface area contributed by atoms with Gasteiger partial charge in [-0.05, 0) is 36.6 Å². The molecule has 0 bridgehead atoms. The molecule has 1 heterocycles. The Kier molecular flexibility index (Phi) is 4.93. The van der Waals surface area contributed by atoms with Crippen molar-refractivity contribution in [3.05, 3.63) is 41.6 Å². The summed E-state index contributed by atoms with van der Waals surface area (Å²) >= 11 is 7.59. The number of hydrogen-bond donors (Lipinski definition) is 1. The lowest BCUT2D eigenvalue weighted by Gasteiger charge is -2.08. The number of rotatable bonds is 2. The van der Waals surface area contributed by atoms with Gasteiger partial charge in [0.15, 0.2) is 5.17 Å². The molecule has 1 aromatic heterocycles. The summed E-state index contributed by atoms with van der Waals surface area (Å²) in [7, 11) is 0. The third kappa shape index (κ3) is 3.47. The van der Waals surface area contributed by atoms with Crippen LogP contribution in [0.4, 0.5) is 5.69 Å². The van der Waals surface area contributed by atoms with Crippen molar-refractivity contribution in [2.75, 3.05) is 11.6 Å². The maximum Gasteiger partial charge on any atom is 0.208 e. The summed E-state index contributed by atoms with van der Waals surface area (Å²) in [5, 5.41) is 20.5. The van der Waals surface area contributed by atoms with Crippen LogP contribution in [0.2, 0.25) is 5.02 Å². The fraction of sp³-hybridized carbons (Fsp3) is 0.0769. The predicted octanol–water partition coefficient (Wildman–Crippen LogP) is 3.41. The van der Waals surface area contributed by atoms with Crippen LogP contribution in [0.3, 0.4) is 0 Å². The van der Waals surface area contributed by atoms with Crippen LogP contribution in [0, 0.1) is 11.5 Å². The van der Waals surface area contributed by atoms with Crippen LogP contribution < -0.4 is 5.32 Å². The van der Waals surface area contributed by atoms with E-state index in [0.29, 0.717) is 15.9 Å². The number of amidine groups is 1. The molecular formula is C13H10ClN5S. The van der Waals surface area contributed by atoms with E-state index in [1.54, 1.807) is 24.5 Å². The highest BCUT2D eigenvalue weighted by Gasteiger charge is 2.07. The maximum absolute atomic E-state index is 8.56. The zero-order valence-corrected chi connectivity index (χ0v) is 12.1. The average molecular weight is 304 g/mol. The highest BCUT2D eigenvalue weighted by Crippen LogP contribution is 2.28. The molecule has 0 aliphatic heterocycles. The van der Waals surface area contributed by atoms with E-state index in [-0.39, 0.29) is 0 Å². The van der Waals surface area contributed by atoms with Gasteiger partial charge in [0.2, 0.25) is 6.19 Å². The minimum Gasteiger partial charge on any atom is -0.334 e. The normalized spacial score (nSPS) is 10.9. The SMILES string of the molecule is CS/C(=N\C#N)Nc1ccc(-c2cccnn2)c(Cl)c1. The average Bonchev–Trinajstić information content (AvgIpc) is 2.48. The molecule has 1 N–H and O–H groups in total. The number of nitrogens with one attached hydrogen (secondary N) is 1. The molecule has 0 aliphatic carbocycles. The molecule has 0 saturated carbocycles. The molecule has 0 atom stereocenters. The molecule has 0 spiro atoms. The smallest absolute Gasteiger partial charge is 0.208 e. The first-order valence-corrected chi connectivity index (χ1v) is 7.20. The molecular weight excluding hydrogens is 294 g/mol. The van der Waals surface area contributed by atoms with Crippen LogP contribution in [0.25, 0.3) is 11.3 Å². The summed E-state index contributed by atoms with van der Waals surface area (Å²) in [6.07, 6.45) is 5.18. The van der Waals surface area contributed by atoms with Crippen LogP contribution >= 0.6 is 23.4 Å². The predicted molar refractivity (Wildman–Crippen MR) is 82.7 cm³/mol. The van der Waals surface area contributed by atoms with Crippen LogP contribution in [0.5, 0.6) is 0 Å². The Morgan fingerprint density at radius 2 is 2.30 bits per heavy atom. The largest absolute Gasteiger partial charge is 0.334 e. The van der Waals surface area contributed by atoms with Gasteiger partial charge in [0.1, 0.15) is 0 Å².